The number of rotatable bonds is 5. The fraction of sp³-hybridized carbons (Fsp3) is 0.750. The topological polar surface area (TPSA) is 28.2 Å². The lowest BCUT2D eigenvalue weighted by molar-refractivity contribution is 0.330. The summed E-state index contributed by atoms with van der Waals surface area (Å²) in [7, 11) is 0. The second kappa shape index (κ2) is 4.82. The fourth-order valence-electron chi connectivity index (χ4n) is 2.39. The Balaban J connectivity index is 1.39. The van der Waals surface area contributed by atoms with Gasteiger partial charge in [-0.2, -0.15) is 0 Å². The van der Waals surface area contributed by atoms with Crippen molar-refractivity contribution in [1.29, 1.82) is 0 Å². The number of aromatic nitrogens is 1. The normalized spacial score (nSPS) is 26.4. The largest absolute Gasteiger partial charge is 0.310 e. The monoisotopic (exact) mass is 237 g/mol. The smallest absolute Gasteiger partial charge is 0.0794 e. The molecule has 0 bridgehead atoms. The van der Waals surface area contributed by atoms with Crippen LogP contribution in [0.1, 0.15) is 25.0 Å². The van der Waals surface area contributed by atoms with Gasteiger partial charge in [-0.1, -0.05) is 0 Å². The molecule has 2 heterocycles. The van der Waals surface area contributed by atoms with Crippen LogP contribution in [0.3, 0.4) is 0 Å². The molecule has 1 saturated heterocycles. The van der Waals surface area contributed by atoms with Crippen molar-refractivity contribution >= 4 is 11.3 Å². The van der Waals surface area contributed by atoms with Gasteiger partial charge in [0, 0.05) is 37.0 Å². The molecule has 0 radical (unpaired) electrons. The quantitative estimate of drug-likeness (QED) is 0.841. The van der Waals surface area contributed by atoms with Crippen LogP contribution in [0.4, 0.5) is 0 Å². The third-order valence-corrected chi connectivity index (χ3v) is 4.12. The van der Waals surface area contributed by atoms with Crippen molar-refractivity contribution in [1.82, 2.24) is 15.2 Å². The summed E-state index contributed by atoms with van der Waals surface area (Å²) in [4.78, 5) is 6.90. The number of likely N-dealkylation sites (tertiary alicyclic amines) is 1. The molecule has 0 spiro atoms. The number of hydrogen-bond donors (Lipinski definition) is 1. The van der Waals surface area contributed by atoms with E-state index < -0.39 is 0 Å². The fourth-order valence-corrected chi connectivity index (χ4v) is 2.98. The van der Waals surface area contributed by atoms with Crippen LogP contribution < -0.4 is 5.32 Å². The molecule has 1 saturated carbocycles. The summed E-state index contributed by atoms with van der Waals surface area (Å²) in [5, 5.41) is 5.88. The van der Waals surface area contributed by atoms with Crippen LogP contribution in [0.25, 0.3) is 0 Å². The highest BCUT2D eigenvalue weighted by Gasteiger charge is 2.28. The zero-order valence-electron chi connectivity index (χ0n) is 9.56. The summed E-state index contributed by atoms with van der Waals surface area (Å²) >= 11 is 1.70. The van der Waals surface area contributed by atoms with Gasteiger partial charge in [0.1, 0.15) is 0 Å². The minimum Gasteiger partial charge on any atom is -0.310 e. The van der Waals surface area contributed by atoms with Crippen LogP contribution in [0.2, 0.25) is 0 Å². The molecule has 1 aliphatic carbocycles. The Labute approximate surface area is 101 Å². The maximum atomic E-state index is 4.33. The maximum Gasteiger partial charge on any atom is 0.0794 e. The Morgan fingerprint density at radius 2 is 2.31 bits per heavy atom. The summed E-state index contributed by atoms with van der Waals surface area (Å²) in [5.74, 6) is 0. The number of thiazole rings is 1. The third kappa shape index (κ3) is 2.81. The van der Waals surface area contributed by atoms with Crippen molar-refractivity contribution in [2.24, 2.45) is 0 Å². The average molecular weight is 237 g/mol. The van der Waals surface area contributed by atoms with Crippen molar-refractivity contribution in [3.63, 3.8) is 0 Å². The molecule has 2 aliphatic rings. The lowest BCUT2D eigenvalue weighted by atomic mass is 10.2. The molecular weight excluding hydrogens is 218 g/mol. The van der Waals surface area contributed by atoms with Crippen molar-refractivity contribution in [2.45, 2.75) is 37.8 Å². The van der Waals surface area contributed by atoms with E-state index in [0.717, 1.165) is 18.5 Å². The highest BCUT2D eigenvalue weighted by molar-refractivity contribution is 7.07. The van der Waals surface area contributed by atoms with Gasteiger partial charge in [0.15, 0.2) is 0 Å². The summed E-state index contributed by atoms with van der Waals surface area (Å²) in [6.45, 7) is 3.67. The molecule has 3 nitrogen and oxygen atoms in total. The molecule has 2 fully saturated rings. The number of hydrogen-bond acceptors (Lipinski definition) is 4. The Morgan fingerprint density at radius 3 is 3.06 bits per heavy atom. The average Bonchev–Trinajstić information content (AvgIpc) is 2.81. The first-order valence-electron chi connectivity index (χ1n) is 6.25. The third-order valence-electron chi connectivity index (χ3n) is 3.49. The predicted octanol–water partition coefficient (Wildman–Crippen LogP) is 1.51. The van der Waals surface area contributed by atoms with Crippen molar-refractivity contribution in [2.75, 3.05) is 19.6 Å². The van der Waals surface area contributed by atoms with E-state index >= 15 is 0 Å². The second-order valence-corrected chi connectivity index (χ2v) is 5.68. The van der Waals surface area contributed by atoms with E-state index in [1.54, 1.807) is 11.3 Å². The predicted molar refractivity (Wildman–Crippen MR) is 66.8 cm³/mol. The van der Waals surface area contributed by atoms with Crippen LogP contribution in [-0.2, 0) is 6.42 Å². The first kappa shape index (κ1) is 10.7. The van der Waals surface area contributed by atoms with Gasteiger partial charge in [0.2, 0.25) is 0 Å². The summed E-state index contributed by atoms with van der Waals surface area (Å²) < 4.78 is 0. The SMILES string of the molecule is c1nc(CCN2CCC(NC3CC3)C2)cs1. The van der Waals surface area contributed by atoms with E-state index in [1.165, 1.54) is 44.6 Å². The number of nitrogens with zero attached hydrogens (tertiary/aromatic N) is 2. The van der Waals surface area contributed by atoms with Crippen LogP contribution >= 0.6 is 11.3 Å². The maximum absolute atomic E-state index is 4.33. The molecule has 0 aromatic carbocycles. The molecule has 1 aromatic rings. The standard InChI is InChI=1S/C12H19N3S/c1-2-10(1)14-11-3-5-15(7-11)6-4-12-8-16-9-13-12/h8-11,14H,1-7H2. The van der Waals surface area contributed by atoms with Crippen LogP contribution in [-0.4, -0.2) is 41.6 Å². The van der Waals surface area contributed by atoms with E-state index in [9.17, 15) is 0 Å². The lowest BCUT2D eigenvalue weighted by Crippen LogP contribution is -2.34. The van der Waals surface area contributed by atoms with Gasteiger partial charge in [0.05, 0.1) is 11.2 Å². The molecule has 1 N–H and O–H groups in total. The minimum absolute atomic E-state index is 0.753. The first-order chi connectivity index (χ1) is 7.90. The number of nitrogens with one attached hydrogen (secondary N) is 1. The zero-order chi connectivity index (χ0) is 10.8. The Kier molecular flexibility index (Phi) is 3.22. The Bertz CT molecular complexity index is 321. The molecule has 0 amide bonds. The zero-order valence-corrected chi connectivity index (χ0v) is 10.4. The van der Waals surface area contributed by atoms with Crippen molar-refractivity contribution < 1.29 is 0 Å². The highest BCUT2D eigenvalue weighted by atomic mass is 32.1. The van der Waals surface area contributed by atoms with Gasteiger partial charge >= 0.3 is 0 Å². The van der Waals surface area contributed by atoms with Crippen molar-refractivity contribution in [3.8, 4) is 0 Å². The minimum atomic E-state index is 0.753. The molecule has 1 aliphatic heterocycles. The summed E-state index contributed by atoms with van der Waals surface area (Å²) in [5.41, 5.74) is 3.18. The van der Waals surface area contributed by atoms with E-state index in [4.69, 9.17) is 0 Å². The van der Waals surface area contributed by atoms with E-state index in [2.05, 4.69) is 20.6 Å². The van der Waals surface area contributed by atoms with Crippen LogP contribution in [0.5, 0.6) is 0 Å². The first-order valence-corrected chi connectivity index (χ1v) is 7.20. The molecule has 4 heteroatoms. The second-order valence-electron chi connectivity index (χ2n) is 4.96. The Hall–Kier alpha value is -0.450. The Morgan fingerprint density at radius 1 is 1.38 bits per heavy atom. The van der Waals surface area contributed by atoms with Gasteiger partial charge in [-0.15, -0.1) is 11.3 Å². The van der Waals surface area contributed by atoms with Gasteiger partial charge < -0.3 is 10.2 Å². The van der Waals surface area contributed by atoms with Gasteiger partial charge in [-0.3, -0.25) is 0 Å². The molecule has 3 rings (SSSR count). The molecule has 1 aromatic heterocycles. The van der Waals surface area contributed by atoms with E-state index in [-0.39, 0.29) is 0 Å². The van der Waals surface area contributed by atoms with Crippen LogP contribution in [0, 0.1) is 0 Å². The highest BCUT2D eigenvalue weighted by Crippen LogP contribution is 2.22. The molecule has 16 heavy (non-hydrogen) atoms. The van der Waals surface area contributed by atoms with Gasteiger partial charge in [-0.25, -0.2) is 4.98 Å². The van der Waals surface area contributed by atoms with Crippen LogP contribution in [0.15, 0.2) is 10.9 Å². The molecule has 1 atom stereocenters. The molecule has 88 valence electrons. The molecule has 1 unspecified atom stereocenters. The lowest BCUT2D eigenvalue weighted by Gasteiger charge is -2.15. The van der Waals surface area contributed by atoms with Crippen molar-refractivity contribution in [3.05, 3.63) is 16.6 Å². The van der Waals surface area contributed by atoms with E-state index in [0.29, 0.717) is 0 Å². The summed E-state index contributed by atoms with van der Waals surface area (Å²) in [6, 6.07) is 1.60. The summed E-state index contributed by atoms with van der Waals surface area (Å²) in [6.07, 6.45) is 5.23. The van der Waals surface area contributed by atoms with E-state index in [1.807, 2.05) is 5.51 Å². The van der Waals surface area contributed by atoms with Gasteiger partial charge in [0.25, 0.3) is 0 Å². The van der Waals surface area contributed by atoms with Gasteiger partial charge in [-0.05, 0) is 25.8 Å². The molecular formula is C12H19N3S.